The molecule has 0 radical (unpaired) electrons. The van der Waals surface area contributed by atoms with Crippen molar-refractivity contribution in [2.75, 3.05) is 5.32 Å². The number of nitrogens with one attached hydrogen (secondary N) is 1. The third kappa shape index (κ3) is 3.95. The molecule has 1 aromatic heterocycles. The number of nitrogens with zero attached hydrogens (tertiary/aromatic N) is 2. The number of hydrogen-bond donors (Lipinski definition) is 1. The molecule has 0 fully saturated rings. The van der Waals surface area contributed by atoms with Crippen molar-refractivity contribution in [3.63, 3.8) is 0 Å². The average Bonchev–Trinajstić information content (AvgIpc) is 2.76. The molecular formula is C12H9F3IN3O. The highest BCUT2D eigenvalue weighted by molar-refractivity contribution is 14.1. The Hall–Kier alpha value is -1.58. The highest BCUT2D eigenvalue weighted by atomic mass is 127. The molecule has 0 unspecified atom stereocenters. The van der Waals surface area contributed by atoms with Crippen molar-refractivity contribution in [1.82, 2.24) is 9.78 Å². The molecule has 8 heteroatoms. The number of amides is 1. The average molecular weight is 395 g/mol. The maximum atomic E-state index is 12.4. The van der Waals surface area contributed by atoms with Gasteiger partial charge in [0.05, 0.1) is 0 Å². The Morgan fingerprint density at radius 3 is 2.70 bits per heavy atom. The Bertz CT molecular complexity index is 624. The molecule has 0 bridgehead atoms. The van der Waals surface area contributed by atoms with Crippen molar-refractivity contribution in [1.29, 1.82) is 0 Å². The molecule has 1 amide bonds. The second kappa shape index (κ2) is 5.81. The van der Waals surface area contributed by atoms with Gasteiger partial charge >= 0.3 is 6.18 Å². The van der Waals surface area contributed by atoms with Crippen molar-refractivity contribution >= 4 is 34.2 Å². The number of rotatable bonds is 3. The molecule has 20 heavy (non-hydrogen) atoms. The second-order valence-corrected chi connectivity index (χ2v) is 5.20. The molecule has 1 heterocycles. The summed E-state index contributed by atoms with van der Waals surface area (Å²) in [5.41, 5.74) is -0.426. The smallest absolute Gasteiger partial charge is 0.324 e. The van der Waals surface area contributed by atoms with Crippen LogP contribution in [0.25, 0.3) is 0 Å². The molecule has 0 saturated heterocycles. The van der Waals surface area contributed by atoms with Crippen LogP contribution in [0.1, 0.15) is 5.69 Å². The van der Waals surface area contributed by atoms with Gasteiger partial charge in [0.2, 0.25) is 5.91 Å². The van der Waals surface area contributed by atoms with E-state index < -0.39 is 17.8 Å². The van der Waals surface area contributed by atoms with Gasteiger partial charge in [-0.25, -0.2) is 0 Å². The summed E-state index contributed by atoms with van der Waals surface area (Å²) in [7, 11) is 0. The van der Waals surface area contributed by atoms with E-state index in [0.29, 0.717) is 5.69 Å². The lowest BCUT2D eigenvalue weighted by Gasteiger charge is -2.06. The second-order valence-electron chi connectivity index (χ2n) is 3.95. The van der Waals surface area contributed by atoms with Crippen LogP contribution in [-0.2, 0) is 17.5 Å². The summed E-state index contributed by atoms with van der Waals surface area (Å²) in [6.45, 7) is -0.276. The number of alkyl halides is 3. The minimum Gasteiger partial charge on any atom is -0.324 e. The van der Waals surface area contributed by atoms with E-state index in [0.717, 1.165) is 20.5 Å². The van der Waals surface area contributed by atoms with Gasteiger partial charge in [0, 0.05) is 15.5 Å². The van der Waals surface area contributed by atoms with E-state index in [1.807, 2.05) is 6.07 Å². The van der Waals surface area contributed by atoms with Crippen molar-refractivity contribution in [3.8, 4) is 0 Å². The first-order valence-electron chi connectivity index (χ1n) is 5.51. The highest BCUT2D eigenvalue weighted by Gasteiger charge is 2.33. The van der Waals surface area contributed by atoms with E-state index in [9.17, 15) is 18.0 Å². The normalized spacial score (nSPS) is 11.4. The summed E-state index contributed by atoms with van der Waals surface area (Å²) in [6.07, 6.45) is -3.38. The Kier molecular flexibility index (Phi) is 4.31. The molecule has 0 spiro atoms. The Morgan fingerprint density at radius 1 is 1.35 bits per heavy atom. The summed E-state index contributed by atoms with van der Waals surface area (Å²) in [4.78, 5) is 11.7. The standard InChI is InChI=1S/C12H9F3IN3O/c13-12(14,15)10-4-5-19(18-10)7-11(20)17-9-3-1-2-8(16)6-9/h1-6H,7H2,(H,17,20). The minimum absolute atomic E-state index is 0.276. The highest BCUT2D eigenvalue weighted by Crippen LogP contribution is 2.27. The van der Waals surface area contributed by atoms with E-state index in [2.05, 4.69) is 33.0 Å². The van der Waals surface area contributed by atoms with E-state index in [4.69, 9.17) is 0 Å². The van der Waals surface area contributed by atoms with Gasteiger partial charge in [-0.1, -0.05) is 6.07 Å². The predicted molar refractivity (Wildman–Crippen MR) is 75.0 cm³/mol. The Balaban J connectivity index is 2.00. The van der Waals surface area contributed by atoms with Crippen molar-refractivity contribution in [3.05, 3.63) is 45.8 Å². The van der Waals surface area contributed by atoms with Crippen LogP contribution in [-0.4, -0.2) is 15.7 Å². The van der Waals surface area contributed by atoms with Crippen molar-refractivity contribution in [2.45, 2.75) is 12.7 Å². The maximum Gasteiger partial charge on any atom is 0.435 e. The zero-order valence-corrected chi connectivity index (χ0v) is 12.1. The Morgan fingerprint density at radius 2 is 2.10 bits per heavy atom. The lowest BCUT2D eigenvalue weighted by molar-refractivity contribution is -0.141. The first kappa shape index (κ1) is 14.8. The number of hydrogen-bond acceptors (Lipinski definition) is 2. The largest absolute Gasteiger partial charge is 0.435 e. The number of benzene rings is 1. The zero-order chi connectivity index (χ0) is 14.8. The summed E-state index contributed by atoms with van der Waals surface area (Å²) in [5, 5.41) is 5.90. The van der Waals surface area contributed by atoms with Crippen LogP contribution in [0.4, 0.5) is 18.9 Å². The molecule has 0 aliphatic rings. The summed E-state index contributed by atoms with van der Waals surface area (Å²) >= 11 is 2.09. The maximum absolute atomic E-state index is 12.4. The van der Waals surface area contributed by atoms with E-state index in [1.54, 1.807) is 18.2 Å². The van der Waals surface area contributed by atoms with E-state index in [1.165, 1.54) is 0 Å². The van der Waals surface area contributed by atoms with Crippen LogP contribution in [0, 0.1) is 3.57 Å². The third-order valence-corrected chi connectivity index (χ3v) is 3.02. The SMILES string of the molecule is O=C(Cn1ccc(C(F)(F)F)n1)Nc1cccc(I)c1. The van der Waals surface area contributed by atoms with Crippen LogP contribution in [0.3, 0.4) is 0 Å². The van der Waals surface area contributed by atoms with Crippen LogP contribution in [0.5, 0.6) is 0 Å². The monoisotopic (exact) mass is 395 g/mol. The van der Waals surface area contributed by atoms with E-state index in [-0.39, 0.29) is 6.54 Å². The molecule has 0 aliphatic carbocycles. The molecule has 1 aromatic carbocycles. The quantitative estimate of drug-likeness (QED) is 0.812. The van der Waals surface area contributed by atoms with Crippen LogP contribution in [0.15, 0.2) is 36.5 Å². The third-order valence-electron chi connectivity index (χ3n) is 2.35. The van der Waals surface area contributed by atoms with Gasteiger partial charge in [0.25, 0.3) is 0 Å². The number of carbonyl (C=O) groups excluding carboxylic acids is 1. The van der Waals surface area contributed by atoms with Gasteiger partial charge in [0.1, 0.15) is 6.54 Å². The van der Waals surface area contributed by atoms with Gasteiger partial charge in [-0.05, 0) is 46.9 Å². The zero-order valence-electron chi connectivity index (χ0n) is 9.99. The van der Waals surface area contributed by atoms with E-state index >= 15 is 0 Å². The van der Waals surface area contributed by atoms with Crippen LogP contribution >= 0.6 is 22.6 Å². The summed E-state index contributed by atoms with van der Waals surface area (Å²) in [5.74, 6) is -0.441. The van der Waals surface area contributed by atoms with Crippen LogP contribution in [0.2, 0.25) is 0 Å². The lowest BCUT2D eigenvalue weighted by Crippen LogP contribution is -2.19. The number of halogens is 4. The summed E-state index contributed by atoms with van der Waals surface area (Å²) in [6, 6.07) is 7.91. The van der Waals surface area contributed by atoms with Gasteiger partial charge in [-0.3, -0.25) is 9.48 Å². The van der Waals surface area contributed by atoms with Gasteiger partial charge in [0.15, 0.2) is 5.69 Å². The fourth-order valence-electron chi connectivity index (χ4n) is 1.51. The first-order valence-corrected chi connectivity index (χ1v) is 6.58. The number of aromatic nitrogens is 2. The van der Waals surface area contributed by atoms with Gasteiger partial charge in [-0.15, -0.1) is 0 Å². The topological polar surface area (TPSA) is 46.9 Å². The minimum atomic E-state index is -4.50. The molecule has 0 aliphatic heterocycles. The molecule has 4 nitrogen and oxygen atoms in total. The molecule has 106 valence electrons. The molecule has 2 aromatic rings. The number of anilines is 1. The molecule has 2 rings (SSSR count). The first-order chi connectivity index (χ1) is 9.34. The fraction of sp³-hybridized carbons (Fsp3) is 0.167. The van der Waals surface area contributed by atoms with Crippen molar-refractivity contribution in [2.24, 2.45) is 0 Å². The number of carbonyl (C=O) groups is 1. The van der Waals surface area contributed by atoms with Crippen LogP contribution < -0.4 is 5.32 Å². The van der Waals surface area contributed by atoms with Gasteiger partial charge in [-0.2, -0.15) is 18.3 Å². The van der Waals surface area contributed by atoms with Crippen molar-refractivity contribution < 1.29 is 18.0 Å². The van der Waals surface area contributed by atoms with Gasteiger partial charge < -0.3 is 5.32 Å². The molecular weight excluding hydrogens is 386 g/mol. The molecule has 0 saturated carbocycles. The lowest BCUT2D eigenvalue weighted by atomic mass is 10.3. The fourth-order valence-corrected chi connectivity index (χ4v) is 2.06. The predicted octanol–water partition coefficient (Wildman–Crippen LogP) is 3.15. The molecule has 0 atom stereocenters. The Labute approximate surface area is 126 Å². The summed E-state index contributed by atoms with van der Waals surface area (Å²) < 4.78 is 39.0. The molecule has 1 N–H and O–H groups in total.